The summed E-state index contributed by atoms with van der Waals surface area (Å²) in [6.07, 6.45) is 1.19. The minimum atomic E-state index is -1.13. The van der Waals surface area contributed by atoms with Crippen LogP contribution in [0.25, 0.3) is 0 Å². The molecular formula is C19H15N3O5. The predicted molar refractivity (Wildman–Crippen MR) is 97.1 cm³/mol. The maximum Gasteiger partial charge on any atom is 0.337 e. The van der Waals surface area contributed by atoms with Gasteiger partial charge in [0.05, 0.1) is 18.2 Å². The number of benzene rings is 2. The molecule has 8 heteroatoms. The minimum Gasteiger partial charge on any atom is -0.478 e. The van der Waals surface area contributed by atoms with Gasteiger partial charge in [-0.2, -0.15) is 5.26 Å². The number of hydrogen-bond donors (Lipinski definition) is 3. The maximum absolute atomic E-state index is 12.2. The number of rotatable bonds is 6. The topological polar surface area (TPSA) is 129 Å². The fourth-order valence-electron chi connectivity index (χ4n) is 2.09. The van der Waals surface area contributed by atoms with Crippen LogP contribution in [0.3, 0.4) is 0 Å². The number of carboxylic acids is 1. The third-order valence-corrected chi connectivity index (χ3v) is 3.40. The summed E-state index contributed by atoms with van der Waals surface area (Å²) in [5.41, 5.74) is 0.802. The van der Waals surface area contributed by atoms with E-state index in [-0.39, 0.29) is 16.8 Å². The molecule has 0 bridgehead atoms. The zero-order valence-corrected chi connectivity index (χ0v) is 14.2. The molecule has 27 heavy (non-hydrogen) atoms. The average Bonchev–Trinajstić information content (AvgIpc) is 2.68. The van der Waals surface area contributed by atoms with Crippen LogP contribution in [0.2, 0.25) is 0 Å². The van der Waals surface area contributed by atoms with E-state index in [0.29, 0.717) is 11.3 Å². The highest BCUT2D eigenvalue weighted by Gasteiger charge is 2.11. The lowest BCUT2D eigenvalue weighted by Gasteiger charge is -2.07. The van der Waals surface area contributed by atoms with Gasteiger partial charge in [0.15, 0.2) is 0 Å². The van der Waals surface area contributed by atoms with Gasteiger partial charge in [0.1, 0.15) is 11.6 Å². The second-order valence-corrected chi connectivity index (χ2v) is 5.23. The molecule has 3 N–H and O–H groups in total. The largest absolute Gasteiger partial charge is 0.478 e. The quantitative estimate of drug-likeness (QED) is 0.408. The lowest BCUT2D eigenvalue weighted by molar-refractivity contribution is -0.112. The van der Waals surface area contributed by atoms with Crippen LogP contribution in [0.5, 0.6) is 0 Å². The van der Waals surface area contributed by atoms with E-state index in [0.717, 1.165) is 0 Å². The number of carboxylic acid groups (broad SMARTS) is 1. The highest BCUT2D eigenvalue weighted by molar-refractivity contribution is 6.07. The van der Waals surface area contributed by atoms with E-state index >= 15 is 0 Å². The van der Waals surface area contributed by atoms with Crippen molar-refractivity contribution >= 4 is 29.2 Å². The highest BCUT2D eigenvalue weighted by Crippen LogP contribution is 2.14. The number of methoxy groups -OCH3 is 1. The van der Waals surface area contributed by atoms with Gasteiger partial charge in [-0.3, -0.25) is 4.79 Å². The summed E-state index contributed by atoms with van der Waals surface area (Å²) in [6, 6.07) is 13.7. The monoisotopic (exact) mass is 365 g/mol. The van der Waals surface area contributed by atoms with Crippen molar-refractivity contribution in [2.45, 2.75) is 0 Å². The highest BCUT2D eigenvalue weighted by atomic mass is 16.5. The molecule has 2 aromatic carbocycles. The Balaban J connectivity index is 2.13. The van der Waals surface area contributed by atoms with Crippen LogP contribution in [0, 0.1) is 11.3 Å². The molecular weight excluding hydrogens is 350 g/mol. The molecule has 0 aliphatic heterocycles. The number of hydrogen-bond acceptors (Lipinski definition) is 6. The van der Waals surface area contributed by atoms with Gasteiger partial charge < -0.3 is 20.5 Å². The van der Waals surface area contributed by atoms with Crippen LogP contribution >= 0.6 is 0 Å². The summed E-state index contributed by atoms with van der Waals surface area (Å²) in [5, 5.41) is 23.4. The number of anilines is 2. The molecule has 0 radical (unpaired) electrons. The second kappa shape index (κ2) is 8.82. The van der Waals surface area contributed by atoms with E-state index in [1.165, 1.54) is 43.6 Å². The fraction of sp³-hybridized carbons (Fsp3) is 0.0526. The van der Waals surface area contributed by atoms with Gasteiger partial charge in [-0.05, 0) is 36.4 Å². The van der Waals surface area contributed by atoms with Gasteiger partial charge in [-0.1, -0.05) is 12.1 Å². The Morgan fingerprint density at radius 1 is 1.07 bits per heavy atom. The van der Waals surface area contributed by atoms with Gasteiger partial charge in [-0.25, -0.2) is 9.59 Å². The fourth-order valence-corrected chi connectivity index (χ4v) is 2.09. The average molecular weight is 365 g/mol. The molecule has 0 fully saturated rings. The van der Waals surface area contributed by atoms with Gasteiger partial charge in [0, 0.05) is 17.6 Å². The zero-order chi connectivity index (χ0) is 19.8. The van der Waals surface area contributed by atoms with Crippen LogP contribution in [-0.2, 0) is 9.53 Å². The second-order valence-electron chi connectivity index (χ2n) is 5.23. The summed E-state index contributed by atoms with van der Waals surface area (Å²) in [5.74, 6) is -2.36. The summed E-state index contributed by atoms with van der Waals surface area (Å²) in [6.45, 7) is 0. The Bertz CT molecular complexity index is 960. The van der Waals surface area contributed by atoms with Crippen LogP contribution in [0.1, 0.15) is 20.7 Å². The number of esters is 1. The Morgan fingerprint density at radius 3 is 2.33 bits per heavy atom. The molecule has 0 spiro atoms. The van der Waals surface area contributed by atoms with Crippen LogP contribution in [-0.4, -0.2) is 30.1 Å². The SMILES string of the molecule is COC(=O)c1cccc(N/C=C(/C#N)C(=O)Nc2cccc(C(=O)O)c2)c1. The smallest absolute Gasteiger partial charge is 0.337 e. The zero-order valence-electron chi connectivity index (χ0n) is 14.2. The summed E-state index contributed by atoms with van der Waals surface area (Å²) < 4.78 is 4.63. The summed E-state index contributed by atoms with van der Waals surface area (Å²) >= 11 is 0. The number of carbonyl (C=O) groups excluding carboxylic acids is 2. The molecule has 0 unspecified atom stereocenters. The van der Waals surface area contributed by atoms with Crippen molar-refractivity contribution in [2.75, 3.05) is 17.7 Å². The van der Waals surface area contributed by atoms with E-state index in [1.807, 2.05) is 0 Å². The third-order valence-electron chi connectivity index (χ3n) is 3.40. The molecule has 0 heterocycles. The molecule has 2 aromatic rings. The maximum atomic E-state index is 12.2. The molecule has 136 valence electrons. The molecule has 0 aliphatic carbocycles. The number of nitrogens with zero attached hydrogens (tertiary/aromatic N) is 1. The summed E-state index contributed by atoms with van der Waals surface area (Å²) in [7, 11) is 1.26. The van der Waals surface area contributed by atoms with Crippen LogP contribution < -0.4 is 10.6 Å². The van der Waals surface area contributed by atoms with E-state index < -0.39 is 17.8 Å². The summed E-state index contributed by atoms with van der Waals surface area (Å²) in [4.78, 5) is 34.7. The number of nitrogens with one attached hydrogen (secondary N) is 2. The molecule has 8 nitrogen and oxygen atoms in total. The van der Waals surface area contributed by atoms with Crippen molar-refractivity contribution in [1.29, 1.82) is 5.26 Å². The first-order chi connectivity index (χ1) is 12.9. The molecule has 1 amide bonds. The van der Waals surface area contributed by atoms with E-state index in [2.05, 4.69) is 15.4 Å². The van der Waals surface area contributed by atoms with Crippen molar-refractivity contribution in [3.05, 3.63) is 71.4 Å². The van der Waals surface area contributed by atoms with Gasteiger partial charge in [0.25, 0.3) is 5.91 Å². The Hall–Kier alpha value is -4.12. The van der Waals surface area contributed by atoms with Crippen LogP contribution in [0.15, 0.2) is 60.3 Å². The number of ether oxygens (including phenoxy) is 1. The third kappa shape index (κ3) is 5.17. The van der Waals surface area contributed by atoms with Gasteiger partial charge >= 0.3 is 11.9 Å². The van der Waals surface area contributed by atoms with E-state index in [4.69, 9.17) is 5.11 Å². The molecule has 0 atom stereocenters. The molecule has 0 saturated carbocycles. The van der Waals surface area contributed by atoms with E-state index in [9.17, 15) is 19.6 Å². The lowest BCUT2D eigenvalue weighted by atomic mass is 10.2. The first kappa shape index (κ1) is 19.2. The molecule has 0 aliphatic rings. The number of carbonyl (C=O) groups is 3. The number of nitriles is 1. The lowest BCUT2D eigenvalue weighted by Crippen LogP contribution is -2.15. The standard InChI is InChI=1S/C19H15N3O5/c1-27-19(26)13-5-3-6-15(9-13)21-11-14(10-20)17(23)22-16-7-2-4-12(8-16)18(24)25/h2-9,11,21H,1H3,(H,22,23)(H,24,25)/b14-11-. The van der Waals surface area contributed by atoms with Crippen molar-refractivity contribution in [3.63, 3.8) is 0 Å². The van der Waals surface area contributed by atoms with E-state index in [1.54, 1.807) is 24.3 Å². The minimum absolute atomic E-state index is 0.00744. The van der Waals surface area contributed by atoms with Crippen molar-refractivity contribution in [2.24, 2.45) is 0 Å². The first-order valence-electron chi connectivity index (χ1n) is 7.64. The number of amides is 1. The van der Waals surface area contributed by atoms with Gasteiger partial charge in [-0.15, -0.1) is 0 Å². The normalized spacial score (nSPS) is 10.4. The molecule has 0 aromatic heterocycles. The Morgan fingerprint density at radius 2 is 1.70 bits per heavy atom. The molecule has 0 saturated heterocycles. The number of aromatic carboxylic acids is 1. The predicted octanol–water partition coefficient (Wildman–Crippen LogP) is 2.63. The first-order valence-corrected chi connectivity index (χ1v) is 7.64. The van der Waals surface area contributed by atoms with Gasteiger partial charge in [0.2, 0.25) is 0 Å². The van der Waals surface area contributed by atoms with Crippen molar-refractivity contribution in [3.8, 4) is 6.07 Å². The molecule has 2 rings (SSSR count). The Labute approximate surface area is 154 Å². The van der Waals surface area contributed by atoms with Crippen LogP contribution in [0.4, 0.5) is 11.4 Å². The van der Waals surface area contributed by atoms with Crippen molar-refractivity contribution < 1.29 is 24.2 Å². The Kier molecular flexibility index (Phi) is 6.28. The van der Waals surface area contributed by atoms with Crippen molar-refractivity contribution in [1.82, 2.24) is 0 Å².